The van der Waals surface area contributed by atoms with Crippen molar-refractivity contribution in [3.8, 4) is 17.5 Å². The quantitative estimate of drug-likeness (QED) is 0.0144. The molecule has 2 fully saturated rings. The number of nitrogens with one attached hydrogen (secondary N) is 4. The van der Waals surface area contributed by atoms with Crippen molar-refractivity contribution in [2.45, 2.75) is 65.0 Å². The van der Waals surface area contributed by atoms with Crippen LogP contribution in [0.4, 0.5) is 23.0 Å². The van der Waals surface area contributed by atoms with Crippen LogP contribution < -0.4 is 76.3 Å². The van der Waals surface area contributed by atoms with Crippen LogP contribution in [0.5, 0.6) is 5.75 Å². The van der Waals surface area contributed by atoms with Crippen molar-refractivity contribution < 1.29 is 62.8 Å². The predicted octanol–water partition coefficient (Wildman–Crippen LogP) is 10.2. The number of carboxylic acids is 1. The van der Waals surface area contributed by atoms with Crippen LogP contribution in [-0.4, -0.2) is 149 Å². The molecule has 17 aromatic rings. The lowest BCUT2D eigenvalue weighted by molar-refractivity contribution is -0.671. The fourth-order valence-electron chi connectivity index (χ4n) is 16.1. The van der Waals surface area contributed by atoms with E-state index in [4.69, 9.17) is 43.1 Å². The SMILES string of the molecule is CC1CCCC/C1=N\O.CN(C(=O)c1ccc2ccccc2c1O)c1cccc(C(=O)O)c1.CN(C)c1ccccc1[N+](=O)[O-].C[n+]1ccc(C(N)=O)cc1.C[n+]1ccn(C/C(N)=N/O)c1.C[n+]1ccn(CC#N)c1.C[n+]1cn(-c2ccccc2)c2ccccc21.Cn1c(N2CCNCC2)nc2c1c(=O)[nH]c(=O)n2C.Cn1c2c(c(=N)c3ccccc31)CCC2.Cn1c[n+](C)c2ccccc21.Cn1ccc(=N)cc1. The number of rotatable bonds is 11. The van der Waals surface area contributed by atoms with Crippen molar-refractivity contribution in [2.75, 3.05) is 62.0 Å². The molecule has 1 saturated carbocycles. The van der Waals surface area contributed by atoms with Crippen LogP contribution in [0.2, 0.25) is 0 Å². The first-order chi connectivity index (χ1) is 69.0. The number of aromatic hydroxyl groups is 1. The number of piperazine rings is 1. The van der Waals surface area contributed by atoms with E-state index in [1.54, 1.807) is 129 Å². The van der Waals surface area contributed by atoms with Gasteiger partial charge in [0.05, 0.1) is 78.8 Å². The van der Waals surface area contributed by atoms with E-state index >= 15 is 0 Å². The van der Waals surface area contributed by atoms with Crippen LogP contribution in [0.25, 0.3) is 60.6 Å². The summed E-state index contributed by atoms with van der Waals surface area (Å²) in [7, 11) is 24.4. The van der Waals surface area contributed by atoms with E-state index in [1.807, 2.05) is 142 Å². The van der Waals surface area contributed by atoms with Crippen molar-refractivity contribution in [3.05, 3.63) is 357 Å². The number of nitrogens with two attached hydrogens (primary N) is 2. The first kappa shape index (κ1) is 108. The van der Waals surface area contributed by atoms with E-state index in [1.165, 1.54) is 105 Å². The Hall–Kier alpha value is -17.8. The number of anilines is 3. The largest absolute Gasteiger partial charge is 0.506 e. The molecule has 144 heavy (non-hydrogen) atoms. The van der Waals surface area contributed by atoms with Crippen molar-refractivity contribution in [1.82, 2.24) is 51.8 Å². The molecule has 748 valence electrons. The molecule has 0 spiro atoms. The van der Waals surface area contributed by atoms with Crippen molar-refractivity contribution in [3.63, 3.8) is 0 Å². The molecule has 38 heteroatoms. The van der Waals surface area contributed by atoms with Crippen molar-refractivity contribution in [1.29, 1.82) is 16.1 Å². The number of benzene rings is 8. The van der Waals surface area contributed by atoms with Crippen LogP contribution in [0.15, 0.2) is 307 Å². The molecular weight excluding hydrogens is 1830 g/mol. The molecule has 1 aliphatic heterocycles. The third-order valence-electron chi connectivity index (χ3n) is 23.9. The highest BCUT2D eigenvalue weighted by Crippen LogP contribution is 2.32. The van der Waals surface area contributed by atoms with Gasteiger partial charge in [0.1, 0.15) is 55.0 Å². The monoisotopic (exact) mass is 1960 g/mol. The topological polar surface area (TPSA) is 467 Å². The van der Waals surface area contributed by atoms with Gasteiger partial charge in [0.2, 0.25) is 37.2 Å². The number of phenolic OH excluding ortho intramolecular Hbond substituents is 1. The lowest BCUT2D eigenvalue weighted by atomic mass is 9.89. The number of aromatic carboxylic acids is 1. The zero-order chi connectivity index (χ0) is 104. The summed E-state index contributed by atoms with van der Waals surface area (Å²) in [5.74, 6) is -0.514. The molecule has 2 aliphatic carbocycles. The number of H-pyrrole nitrogens is 1. The molecule has 0 radical (unpaired) electrons. The van der Waals surface area contributed by atoms with E-state index in [2.05, 4.69) is 186 Å². The fraction of sp³-hybridized carbons (Fsp3) is 0.264. The summed E-state index contributed by atoms with van der Waals surface area (Å²) in [4.78, 5) is 79.8. The minimum Gasteiger partial charge on any atom is -0.506 e. The second kappa shape index (κ2) is 52.3. The van der Waals surface area contributed by atoms with E-state index in [0.29, 0.717) is 57.9 Å². The van der Waals surface area contributed by atoms with Gasteiger partial charge in [-0.15, -0.1) is 0 Å². The summed E-state index contributed by atoms with van der Waals surface area (Å²) in [5, 5.41) is 83.4. The number of nitriles is 1. The molecule has 38 nitrogen and oxygen atoms in total. The second-order valence-electron chi connectivity index (χ2n) is 34.6. The predicted molar refractivity (Wildman–Crippen MR) is 555 cm³/mol. The molecule has 3 aliphatic rings. The van der Waals surface area contributed by atoms with Crippen LogP contribution in [-0.2, 0) is 96.4 Å². The third-order valence-corrected chi connectivity index (χ3v) is 23.9. The molecule has 20 rings (SSSR count). The molecule has 12 N–H and O–H groups in total. The Kier molecular flexibility index (Phi) is 39.3. The summed E-state index contributed by atoms with van der Waals surface area (Å²) in [6, 6.07) is 67.6. The first-order valence-corrected chi connectivity index (χ1v) is 46.4. The Morgan fingerprint density at radius 3 is 1.81 bits per heavy atom. The average molecular weight is 1960 g/mol. The summed E-state index contributed by atoms with van der Waals surface area (Å²) in [6.45, 7) is 6.41. The summed E-state index contributed by atoms with van der Waals surface area (Å²) in [5.41, 5.74) is 23.3. The van der Waals surface area contributed by atoms with Gasteiger partial charge < -0.3 is 71.2 Å². The van der Waals surface area contributed by atoms with Gasteiger partial charge in [-0.3, -0.25) is 39.5 Å². The smallest absolute Gasteiger partial charge is 0.335 e. The number of aryl methyl sites for hydroxylation is 10. The molecule has 1 atom stereocenters. The number of pyridine rings is 3. The number of carboxylic acid groups (broad SMARTS) is 1. The minimum atomic E-state index is -1.06. The van der Waals surface area contributed by atoms with E-state index in [0.717, 1.165) is 73.2 Å². The van der Waals surface area contributed by atoms with Crippen LogP contribution in [0.1, 0.15) is 81.4 Å². The number of nitro benzene ring substituents is 1. The van der Waals surface area contributed by atoms with E-state index in [9.17, 15) is 39.2 Å². The Balaban J connectivity index is 0.000000165. The summed E-state index contributed by atoms with van der Waals surface area (Å²) >= 11 is 0. The Morgan fingerprint density at radius 1 is 0.632 bits per heavy atom. The summed E-state index contributed by atoms with van der Waals surface area (Å²) < 4.78 is 25.1. The number of imidazole rings is 5. The van der Waals surface area contributed by atoms with Gasteiger partial charge in [-0.25, -0.2) is 46.1 Å². The number of primary amides is 1. The molecule has 1 saturated heterocycles. The molecule has 2 amide bonds. The number of nitro groups is 1. The first-order valence-electron chi connectivity index (χ1n) is 46.4. The maximum Gasteiger partial charge on any atom is 0.335 e. The fourth-order valence-corrected chi connectivity index (χ4v) is 16.1. The third kappa shape index (κ3) is 29.2. The molecule has 9 aromatic heterocycles. The van der Waals surface area contributed by atoms with E-state index < -0.39 is 23.1 Å². The normalized spacial score (nSPS) is 12.9. The number of oxime groups is 2. The molecule has 1 unspecified atom stereocenters. The lowest BCUT2D eigenvalue weighted by Gasteiger charge is -2.28. The maximum atomic E-state index is 12.7. The number of hydrogen-bond donors (Lipinski definition) is 10. The number of aromatic nitrogens is 15. The van der Waals surface area contributed by atoms with Gasteiger partial charge >= 0.3 is 11.7 Å². The number of amides is 2. The highest BCUT2D eigenvalue weighted by atomic mass is 16.6. The van der Waals surface area contributed by atoms with Gasteiger partial charge in [-0.05, 0) is 140 Å². The van der Waals surface area contributed by atoms with Crippen LogP contribution in [0, 0.1) is 38.2 Å². The Labute approximate surface area is 832 Å². The molecule has 10 heterocycles. The highest BCUT2D eigenvalue weighted by molar-refractivity contribution is 6.11. The number of phenols is 1. The van der Waals surface area contributed by atoms with E-state index in [-0.39, 0.29) is 39.2 Å². The number of carbonyl (C=O) groups excluding carboxylic acids is 2. The van der Waals surface area contributed by atoms with Crippen molar-refractivity contribution in [2.24, 2.45) is 98.2 Å². The maximum absolute atomic E-state index is 12.7. The average Bonchev–Trinajstić information content (AvgIpc) is 1.63. The zero-order valence-corrected chi connectivity index (χ0v) is 83.6. The van der Waals surface area contributed by atoms with Gasteiger partial charge in [-0.2, -0.15) is 14.8 Å². The lowest BCUT2D eigenvalue weighted by Crippen LogP contribution is -2.44. The molecule has 8 aromatic carbocycles. The van der Waals surface area contributed by atoms with Crippen molar-refractivity contribution >= 4 is 107 Å². The van der Waals surface area contributed by atoms with Gasteiger partial charge in [-0.1, -0.05) is 133 Å². The molecule has 0 bridgehead atoms. The molecular formula is C106H128N27O11+5. The number of hydrogen-bond acceptors (Lipinski definition) is 19. The number of fused-ring (bicyclic) bond motifs is 6. The second-order valence-corrected chi connectivity index (χ2v) is 34.6. The number of para-hydroxylation sites is 8. The van der Waals surface area contributed by atoms with Crippen LogP contribution in [0.3, 0.4) is 0 Å². The summed E-state index contributed by atoms with van der Waals surface area (Å²) in [6.07, 6.45) is 30.7. The van der Waals surface area contributed by atoms with Gasteiger partial charge in [0.15, 0.2) is 64.5 Å². The number of nitrogens with zero attached hydrogens (tertiary/aromatic N) is 21. The zero-order valence-electron chi connectivity index (χ0n) is 83.6. The number of aromatic amines is 1. The highest BCUT2D eigenvalue weighted by Gasteiger charge is 2.25. The number of amidine groups is 1. The van der Waals surface area contributed by atoms with Crippen LogP contribution >= 0.6 is 0 Å². The minimum absolute atomic E-state index is 0.0839. The Morgan fingerprint density at radius 2 is 1.23 bits per heavy atom. The standard InChI is InChI=1S/C19H15NO4.C14H13N2.C13H14N2.C11H16N6O2.C9H11N2.C8H10N2O2.C7H8N2O.C7H13NO.C6H10N4O.C6H8N3.C6H8N2/c1-20(14-7-4-6-13(11-14)19(23)24)18(22)16-10-9-12-5-2-3-8-15(12)17(16)21;1-15-11-16(12-7-3-2-4-8-12)14-10-6-5-9-13(14)15;1-15-11-7-3-2-5-9(11)13(14)10-6-4-8-12(10)15;1-15-7-8(16(2)11(19)14-9(7)18)13-10(15)17-5-3-12-4-6-17;1-10-7-11(2)9-6-4-3-5-8(9)10;1-9(2)7-5-3-4-6-8(7)10(11)12;1-9-4-2-6(3-5-9)7(8)10;1-6-4-2-3-5-7(6)8-9;1-9-2-3-10(5-9)4-6(7)8-11;1-8-4-5-9(6-8)3-2-7;1-8-4-2-6(7)3-5-8/h2-11,21H,1H3,(H,23,24);2-11H,1H3;2-3,5,7,14H,4,6,8H2,1H3;12H,3-6H2,1-2H3,(H,14,18,19);3-7H,1-2H3;3-6H,1-2H3;2-5H,1H3,(H-,8,10);6,9H,2-5H2,1H3;2-3,5H,4H2,1H3,(H2-,7,8,11);4-6H,3H2,1H3;2-5,7H,1H3/q;+1;;;+1;;;;;+1;/p+2/b;;;;;;;8-7+;;;. The Bertz CT molecular complexity index is 7580. The number of carbonyl (C=O) groups is 3. The van der Waals surface area contributed by atoms with Gasteiger partial charge in [0.25, 0.3) is 17.2 Å². The van der Waals surface area contributed by atoms with Gasteiger partial charge in [0, 0.05) is 128 Å².